The molecule has 1 aliphatic heterocycles. The van der Waals surface area contributed by atoms with E-state index in [0.29, 0.717) is 6.04 Å². The summed E-state index contributed by atoms with van der Waals surface area (Å²) in [6.45, 7) is 7.92. The largest absolute Gasteiger partial charge is 0.334 e. The Bertz CT molecular complexity index is 459. The molecule has 0 bridgehead atoms. The van der Waals surface area contributed by atoms with Crippen molar-refractivity contribution in [1.29, 1.82) is 0 Å². The van der Waals surface area contributed by atoms with Crippen LogP contribution in [-0.2, 0) is 0 Å². The molecule has 0 aromatic heterocycles. The van der Waals surface area contributed by atoms with Crippen molar-refractivity contribution in [3.05, 3.63) is 34.4 Å². The van der Waals surface area contributed by atoms with Crippen molar-refractivity contribution in [2.75, 3.05) is 20.1 Å². The Morgan fingerprint density at radius 1 is 1.32 bits per heavy atom. The number of aryl methyl sites for hydroxylation is 3. The molecule has 0 radical (unpaired) electrons. The second kappa shape index (κ2) is 5.74. The summed E-state index contributed by atoms with van der Waals surface area (Å²) in [5.41, 5.74) is 4.31. The molecule has 2 rings (SSSR count). The number of carbonyl (C=O) groups excluding carboxylic acids is 1. The lowest BCUT2D eigenvalue weighted by molar-refractivity contribution is 0.0735. The van der Waals surface area contributed by atoms with Crippen LogP contribution in [0.25, 0.3) is 0 Å². The van der Waals surface area contributed by atoms with Crippen LogP contribution in [0.1, 0.15) is 39.9 Å². The standard InChI is InChI=1S/C16H24N2O/c1-11-8-12(2)15(13(3)9-11)16(19)18-7-5-6-14(18)10-17-4/h8-9,14,17H,5-7,10H2,1-4H3. The number of nitrogens with one attached hydrogen (secondary N) is 1. The van der Waals surface area contributed by atoms with Crippen LogP contribution in [0.2, 0.25) is 0 Å². The zero-order valence-corrected chi connectivity index (χ0v) is 12.4. The van der Waals surface area contributed by atoms with E-state index in [-0.39, 0.29) is 5.91 Å². The van der Waals surface area contributed by atoms with E-state index in [2.05, 4.69) is 24.4 Å². The first-order chi connectivity index (χ1) is 9.04. The molecule has 1 unspecified atom stereocenters. The van der Waals surface area contributed by atoms with Crippen molar-refractivity contribution in [1.82, 2.24) is 10.2 Å². The van der Waals surface area contributed by atoms with Gasteiger partial charge in [0.1, 0.15) is 0 Å². The van der Waals surface area contributed by atoms with E-state index in [1.165, 1.54) is 5.56 Å². The molecule has 1 saturated heterocycles. The third-order valence-corrected chi connectivity index (χ3v) is 3.97. The molecule has 19 heavy (non-hydrogen) atoms. The van der Waals surface area contributed by atoms with E-state index in [4.69, 9.17) is 0 Å². The average molecular weight is 260 g/mol. The number of nitrogens with zero attached hydrogens (tertiary/aromatic N) is 1. The molecule has 104 valence electrons. The molecular formula is C16H24N2O. The fourth-order valence-electron chi connectivity index (χ4n) is 3.21. The maximum atomic E-state index is 12.8. The molecule has 0 saturated carbocycles. The molecule has 1 N–H and O–H groups in total. The summed E-state index contributed by atoms with van der Waals surface area (Å²) in [5.74, 6) is 0.202. The van der Waals surface area contributed by atoms with Gasteiger partial charge in [0.05, 0.1) is 0 Å². The Kier molecular flexibility index (Phi) is 4.25. The lowest BCUT2D eigenvalue weighted by atomic mass is 9.98. The van der Waals surface area contributed by atoms with Gasteiger partial charge in [0, 0.05) is 24.7 Å². The van der Waals surface area contributed by atoms with Crippen LogP contribution in [0.4, 0.5) is 0 Å². The first kappa shape index (κ1) is 14.1. The highest BCUT2D eigenvalue weighted by Gasteiger charge is 2.30. The molecule has 3 heteroatoms. The first-order valence-electron chi connectivity index (χ1n) is 7.08. The van der Waals surface area contributed by atoms with Crippen molar-refractivity contribution in [2.45, 2.75) is 39.7 Å². The summed E-state index contributed by atoms with van der Waals surface area (Å²) in [7, 11) is 1.95. The van der Waals surface area contributed by atoms with E-state index in [1.54, 1.807) is 0 Å². The number of hydrogen-bond acceptors (Lipinski definition) is 2. The summed E-state index contributed by atoms with van der Waals surface area (Å²) in [6, 6.07) is 4.55. The maximum Gasteiger partial charge on any atom is 0.254 e. The van der Waals surface area contributed by atoms with E-state index in [9.17, 15) is 4.79 Å². The van der Waals surface area contributed by atoms with Gasteiger partial charge < -0.3 is 10.2 Å². The van der Waals surface area contributed by atoms with Crippen molar-refractivity contribution >= 4 is 5.91 Å². The first-order valence-corrected chi connectivity index (χ1v) is 7.08. The lowest BCUT2D eigenvalue weighted by Crippen LogP contribution is -2.41. The van der Waals surface area contributed by atoms with E-state index in [1.807, 2.05) is 25.8 Å². The Balaban J connectivity index is 2.29. The zero-order valence-electron chi connectivity index (χ0n) is 12.4. The monoisotopic (exact) mass is 260 g/mol. The highest BCUT2D eigenvalue weighted by atomic mass is 16.2. The SMILES string of the molecule is CNCC1CCCN1C(=O)c1c(C)cc(C)cc1C. The molecule has 1 aromatic carbocycles. The average Bonchev–Trinajstić information content (AvgIpc) is 2.76. The lowest BCUT2D eigenvalue weighted by Gasteiger charge is -2.26. The van der Waals surface area contributed by atoms with Crippen LogP contribution >= 0.6 is 0 Å². The highest BCUT2D eigenvalue weighted by molar-refractivity contribution is 5.97. The van der Waals surface area contributed by atoms with Gasteiger partial charge in [-0.25, -0.2) is 0 Å². The zero-order chi connectivity index (χ0) is 14.0. The molecule has 0 spiro atoms. The van der Waals surface area contributed by atoms with Crippen molar-refractivity contribution in [3.63, 3.8) is 0 Å². The molecule has 0 aliphatic carbocycles. The summed E-state index contributed by atoms with van der Waals surface area (Å²) < 4.78 is 0. The van der Waals surface area contributed by atoms with E-state index >= 15 is 0 Å². The molecule has 1 atom stereocenters. The topological polar surface area (TPSA) is 32.3 Å². The minimum absolute atomic E-state index is 0.202. The molecule has 1 aliphatic rings. The van der Waals surface area contributed by atoms with Gasteiger partial charge in [-0.3, -0.25) is 4.79 Å². The van der Waals surface area contributed by atoms with E-state index < -0.39 is 0 Å². The predicted molar refractivity (Wildman–Crippen MR) is 78.6 cm³/mol. The van der Waals surface area contributed by atoms with Crippen molar-refractivity contribution in [3.8, 4) is 0 Å². The van der Waals surface area contributed by atoms with Gasteiger partial charge in [-0.2, -0.15) is 0 Å². The van der Waals surface area contributed by atoms with Crippen molar-refractivity contribution in [2.24, 2.45) is 0 Å². The summed E-state index contributed by atoms with van der Waals surface area (Å²) in [5, 5.41) is 3.19. The smallest absolute Gasteiger partial charge is 0.254 e. The van der Waals surface area contributed by atoms with Crippen LogP contribution in [0, 0.1) is 20.8 Å². The normalized spacial score (nSPS) is 18.9. The van der Waals surface area contributed by atoms with Gasteiger partial charge in [0.15, 0.2) is 0 Å². The summed E-state index contributed by atoms with van der Waals surface area (Å²) in [6.07, 6.45) is 2.22. The highest BCUT2D eigenvalue weighted by Crippen LogP contribution is 2.24. The second-order valence-electron chi connectivity index (χ2n) is 5.63. The van der Waals surface area contributed by atoms with Crippen LogP contribution in [0.3, 0.4) is 0 Å². The third-order valence-electron chi connectivity index (χ3n) is 3.97. The van der Waals surface area contributed by atoms with Gasteiger partial charge in [-0.15, -0.1) is 0 Å². The van der Waals surface area contributed by atoms with Gasteiger partial charge in [-0.1, -0.05) is 17.7 Å². The van der Waals surface area contributed by atoms with Crippen LogP contribution in [0.15, 0.2) is 12.1 Å². The number of hydrogen-bond donors (Lipinski definition) is 1. The molecule has 1 heterocycles. The Labute approximate surface area is 116 Å². The molecule has 1 aromatic rings. The second-order valence-corrected chi connectivity index (χ2v) is 5.63. The molecular weight excluding hydrogens is 236 g/mol. The fourth-order valence-corrected chi connectivity index (χ4v) is 3.21. The van der Waals surface area contributed by atoms with Crippen LogP contribution in [-0.4, -0.2) is 37.0 Å². The van der Waals surface area contributed by atoms with E-state index in [0.717, 1.165) is 42.6 Å². The van der Waals surface area contributed by atoms with Gasteiger partial charge >= 0.3 is 0 Å². The summed E-state index contributed by atoms with van der Waals surface area (Å²) in [4.78, 5) is 14.8. The molecule has 1 amide bonds. The quantitative estimate of drug-likeness (QED) is 0.905. The predicted octanol–water partition coefficient (Wildman–Crippen LogP) is 2.44. The van der Waals surface area contributed by atoms with Gasteiger partial charge in [0.2, 0.25) is 0 Å². The maximum absolute atomic E-state index is 12.8. The number of likely N-dealkylation sites (N-methyl/N-ethyl adjacent to an activating group) is 1. The Hall–Kier alpha value is -1.35. The fraction of sp³-hybridized carbons (Fsp3) is 0.562. The van der Waals surface area contributed by atoms with Crippen LogP contribution < -0.4 is 5.32 Å². The number of amides is 1. The number of likely N-dealkylation sites (tertiary alicyclic amines) is 1. The Morgan fingerprint density at radius 2 is 1.95 bits per heavy atom. The molecule has 1 fully saturated rings. The van der Waals surface area contributed by atoms with Crippen molar-refractivity contribution < 1.29 is 4.79 Å². The molecule has 3 nitrogen and oxygen atoms in total. The van der Waals surface area contributed by atoms with Gasteiger partial charge in [-0.05, 0) is 51.8 Å². The minimum Gasteiger partial charge on any atom is -0.334 e. The van der Waals surface area contributed by atoms with Crippen LogP contribution in [0.5, 0.6) is 0 Å². The third kappa shape index (κ3) is 2.81. The summed E-state index contributed by atoms with van der Waals surface area (Å²) >= 11 is 0. The number of rotatable bonds is 3. The Morgan fingerprint density at radius 3 is 2.53 bits per heavy atom. The minimum atomic E-state index is 0.202. The van der Waals surface area contributed by atoms with Gasteiger partial charge in [0.25, 0.3) is 5.91 Å². The number of benzene rings is 1. The number of carbonyl (C=O) groups is 1.